The number of rotatable bonds is 7. The smallest absolute Gasteiger partial charge is 0.305 e. The highest BCUT2D eigenvalue weighted by Gasteiger charge is 2.36. The van der Waals surface area contributed by atoms with Crippen LogP contribution in [0.2, 0.25) is 0 Å². The van der Waals surface area contributed by atoms with E-state index < -0.39 is 11.5 Å². The number of aryl methyl sites for hydroxylation is 1. The summed E-state index contributed by atoms with van der Waals surface area (Å²) < 4.78 is 5.28. The van der Waals surface area contributed by atoms with E-state index in [1.54, 1.807) is 0 Å². The second-order valence-corrected chi connectivity index (χ2v) is 5.85. The zero-order valence-corrected chi connectivity index (χ0v) is 12.7. The lowest BCUT2D eigenvalue weighted by atomic mass is 9.86. The van der Waals surface area contributed by atoms with Gasteiger partial charge in [-0.1, -0.05) is 30.3 Å². The molecule has 0 saturated carbocycles. The SMILES string of the molecule is O=C(O)CC1(NC(=O)CCCc2ccccc2)CCOCC1. The average Bonchev–Trinajstić information content (AvgIpc) is 2.48. The number of nitrogens with one attached hydrogen (secondary N) is 1. The van der Waals surface area contributed by atoms with Crippen LogP contribution in [0.4, 0.5) is 0 Å². The Morgan fingerprint density at radius 3 is 2.50 bits per heavy atom. The van der Waals surface area contributed by atoms with Gasteiger partial charge in [0.1, 0.15) is 0 Å². The van der Waals surface area contributed by atoms with E-state index >= 15 is 0 Å². The highest BCUT2D eigenvalue weighted by molar-refractivity contribution is 5.78. The van der Waals surface area contributed by atoms with E-state index in [9.17, 15) is 9.59 Å². The minimum atomic E-state index is -0.883. The first kappa shape index (κ1) is 16.5. The fraction of sp³-hybridized carbons (Fsp3) is 0.529. The Hall–Kier alpha value is -1.88. The summed E-state index contributed by atoms with van der Waals surface area (Å²) >= 11 is 0. The van der Waals surface area contributed by atoms with Gasteiger partial charge in [0, 0.05) is 19.6 Å². The van der Waals surface area contributed by atoms with Gasteiger partial charge < -0.3 is 15.2 Å². The quantitative estimate of drug-likeness (QED) is 0.809. The monoisotopic (exact) mass is 305 g/mol. The van der Waals surface area contributed by atoms with Crippen LogP contribution in [-0.2, 0) is 20.7 Å². The van der Waals surface area contributed by atoms with E-state index in [1.165, 1.54) is 5.56 Å². The molecule has 1 heterocycles. The topological polar surface area (TPSA) is 75.6 Å². The van der Waals surface area contributed by atoms with Gasteiger partial charge >= 0.3 is 5.97 Å². The molecule has 0 aromatic heterocycles. The van der Waals surface area contributed by atoms with E-state index in [0.717, 1.165) is 12.8 Å². The molecule has 5 nitrogen and oxygen atoms in total. The van der Waals surface area contributed by atoms with Crippen LogP contribution in [0.15, 0.2) is 30.3 Å². The fourth-order valence-corrected chi connectivity index (χ4v) is 2.85. The Bertz CT molecular complexity index is 495. The number of hydrogen-bond donors (Lipinski definition) is 2. The zero-order chi connectivity index (χ0) is 15.8. The third-order valence-electron chi connectivity index (χ3n) is 4.06. The summed E-state index contributed by atoms with van der Waals surface area (Å²) in [6.07, 6.45) is 3.10. The molecule has 1 aromatic rings. The molecule has 2 N–H and O–H groups in total. The van der Waals surface area contributed by atoms with Crippen LogP contribution in [0.25, 0.3) is 0 Å². The summed E-state index contributed by atoms with van der Waals surface area (Å²) in [5.74, 6) is -0.953. The number of ether oxygens (including phenoxy) is 1. The van der Waals surface area contributed by atoms with Crippen LogP contribution in [0.5, 0.6) is 0 Å². The Morgan fingerprint density at radius 2 is 1.86 bits per heavy atom. The van der Waals surface area contributed by atoms with Gasteiger partial charge in [0.2, 0.25) is 5.91 Å². The predicted molar refractivity (Wildman–Crippen MR) is 82.6 cm³/mol. The number of carboxylic acid groups (broad SMARTS) is 1. The molecule has 1 aliphatic heterocycles. The maximum Gasteiger partial charge on any atom is 0.305 e. The van der Waals surface area contributed by atoms with Crippen molar-refractivity contribution in [1.82, 2.24) is 5.32 Å². The molecule has 0 radical (unpaired) electrons. The molecule has 5 heteroatoms. The number of hydrogen-bond acceptors (Lipinski definition) is 3. The van der Waals surface area contributed by atoms with Crippen molar-refractivity contribution in [2.75, 3.05) is 13.2 Å². The Morgan fingerprint density at radius 1 is 1.18 bits per heavy atom. The molecule has 1 aromatic carbocycles. The summed E-state index contributed by atoms with van der Waals surface area (Å²) in [6.45, 7) is 0.995. The first-order valence-electron chi connectivity index (χ1n) is 7.74. The summed E-state index contributed by atoms with van der Waals surface area (Å²) in [7, 11) is 0. The maximum atomic E-state index is 12.1. The third kappa shape index (κ3) is 5.15. The van der Waals surface area contributed by atoms with E-state index in [4.69, 9.17) is 9.84 Å². The van der Waals surface area contributed by atoms with Crippen LogP contribution in [0, 0.1) is 0 Å². The molecule has 0 aliphatic carbocycles. The largest absolute Gasteiger partial charge is 0.481 e. The number of benzene rings is 1. The number of amides is 1. The lowest BCUT2D eigenvalue weighted by Crippen LogP contribution is -2.53. The molecule has 1 amide bonds. The summed E-state index contributed by atoms with van der Waals surface area (Å²) in [4.78, 5) is 23.2. The number of carbonyl (C=O) groups excluding carboxylic acids is 1. The Kier molecular flexibility index (Phi) is 5.95. The molecule has 0 spiro atoms. The minimum Gasteiger partial charge on any atom is -0.481 e. The van der Waals surface area contributed by atoms with Gasteiger partial charge in [0.25, 0.3) is 0 Å². The van der Waals surface area contributed by atoms with Gasteiger partial charge in [0.05, 0.1) is 12.0 Å². The summed E-state index contributed by atoms with van der Waals surface area (Å²) in [6, 6.07) is 10.0. The zero-order valence-electron chi connectivity index (χ0n) is 12.7. The standard InChI is InChI=1S/C17H23NO4/c19-15(8-4-7-14-5-2-1-3-6-14)18-17(13-16(20)21)9-11-22-12-10-17/h1-3,5-6H,4,7-13H2,(H,18,19)(H,20,21). The van der Waals surface area contributed by atoms with Crippen LogP contribution in [-0.4, -0.2) is 35.7 Å². The van der Waals surface area contributed by atoms with Crippen molar-refractivity contribution >= 4 is 11.9 Å². The van der Waals surface area contributed by atoms with E-state index in [2.05, 4.69) is 5.32 Å². The van der Waals surface area contributed by atoms with Crippen molar-refractivity contribution in [1.29, 1.82) is 0 Å². The maximum absolute atomic E-state index is 12.1. The van der Waals surface area contributed by atoms with E-state index in [-0.39, 0.29) is 12.3 Å². The summed E-state index contributed by atoms with van der Waals surface area (Å²) in [5, 5.41) is 12.0. The van der Waals surface area contributed by atoms with E-state index in [0.29, 0.717) is 32.5 Å². The van der Waals surface area contributed by atoms with Crippen molar-refractivity contribution in [2.24, 2.45) is 0 Å². The van der Waals surface area contributed by atoms with E-state index in [1.807, 2.05) is 30.3 Å². The van der Waals surface area contributed by atoms with Gasteiger partial charge in [-0.05, 0) is 31.2 Å². The lowest BCUT2D eigenvalue weighted by molar-refractivity contribution is -0.140. The van der Waals surface area contributed by atoms with Crippen molar-refractivity contribution in [3.05, 3.63) is 35.9 Å². The predicted octanol–water partition coefficient (Wildman–Crippen LogP) is 2.15. The van der Waals surface area contributed by atoms with Crippen molar-refractivity contribution < 1.29 is 19.4 Å². The van der Waals surface area contributed by atoms with Crippen molar-refractivity contribution in [2.45, 2.75) is 44.1 Å². The number of carboxylic acids is 1. The fourth-order valence-electron chi connectivity index (χ4n) is 2.85. The first-order valence-corrected chi connectivity index (χ1v) is 7.74. The normalized spacial score (nSPS) is 16.9. The highest BCUT2D eigenvalue weighted by Crippen LogP contribution is 2.25. The van der Waals surface area contributed by atoms with Crippen LogP contribution >= 0.6 is 0 Å². The summed E-state index contributed by atoms with van der Waals surface area (Å²) in [5.41, 5.74) is 0.565. The Balaban J connectivity index is 1.81. The first-order chi connectivity index (χ1) is 10.6. The van der Waals surface area contributed by atoms with Crippen LogP contribution in [0.3, 0.4) is 0 Å². The van der Waals surface area contributed by atoms with Crippen molar-refractivity contribution in [3.63, 3.8) is 0 Å². The second-order valence-electron chi connectivity index (χ2n) is 5.85. The highest BCUT2D eigenvalue weighted by atomic mass is 16.5. The van der Waals surface area contributed by atoms with Crippen LogP contribution < -0.4 is 5.32 Å². The molecule has 120 valence electrons. The lowest BCUT2D eigenvalue weighted by Gasteiger charge is -2.36. The van der Waals surface area contributed by atoms with Gasteiger partial charge in [-0.3, -0.25) is 9.59 Å². The molecule has 1 fully saturated rings. The molecule has 1 aliphatic rings. The molecule has 1 saturated heterocycles. The Labute approximate surface area is 130 Å². The molecular weight excluding hydrogens is 282 g/mol. The number of aliphatic carboxylic acids is 1. The van der Waals surface area contributed by atoms with Gasteiger partial charge in [-0.2, -0.15) is 0 Å². The molecule has 22 heavy (non-hydrogen) atoms. The minimum absolute atomic E-state index is 0.0409. The molecule has 2 rings (SSSR count). The molecule has 0 atom stereocenters. The second kappa shape index (κ2) is 7.94. The van der Waals surface area contributed by atoms with Crippen LogP contribution in [0.1, 0.15) is 37.7 Å². The molecule has 0 unspecified atom stereocenters. The third-order valence-corrected chi connectivity index (χ3v) is 4.06. The molecule has 0 bridgehead atoms. The average molecular weight is 305 g/mol. The van der Waals surface area contributed by atoms with Crippen molar-refractivity contribution in [3.8, 4) is 0 Å². The van der Waals surface area contributed by atoms with Gasteiger partial charge in [0.15, 0.2) is 0 Å². The van der Waals surface area contributed by atoms with Gasteiger partial charge in [-0.25, -0.2) is 0 Å². The van der Waals surface area contributed by atoms with Gasteiger partial charge in [-0.15, -0.1) is 0 Å². The number of carbonyl (C=O) groups is 2. The molecular formula is C17H23NO4.